The summed E-state index contributed by atoms with van der Waals surface area (Å²) < 4.78 is 1.42. The van der Waals surface area contributed by atoms with Crippen molar-refractivity contribution < 1.29 is 14.4 Å². The molecule has 0 saturated heterocycles. The summed E-state index contributed by atoms with van der Waals surface area (Å²) in [4.78, 5) is 16.6. The Balaban J connectivity index is 0.000000567. The summed E-state index contributed by atoms with van der Waals surface area (Å²) in [6, 6.07) is -0.963. The molecule has 0 fully saturated rings. The number of H-pyrrole nitrogens is 1. The van der Waals surface area contributed by atoms with Crippen molar-refractivity contribution in [3.8, 4) is 0 Å². The lowest BCUT2D eigenvalue weighted by Crippen LogP contribution is -2.50. The fourth-order valence-electron chi connectivity index (χ4n) is 3.36. The number of carboxylic acid groups (broad SMARTS) is 1. The van der Waals surface area contributed by atoms with Crippen LogP contribution in [0, 0.1) is 0 Å². The molecule has 1 atom stereocenters. The Morgan fingerprint density at radius 1 is 1.00 bits per heavy atom. The first-order chi connectivity index (χ1) is 13.4. The zero-order valence-corrected chi connectivity index (χ0v) is 18.7. The second-order valence-corrected chi connectivity index (χ2v) is 7.86. The Bertz CT molecular complexity index is 439. The number of hydrogen-bond donors (Lipinski definition) is 2. The number of nitrogens with zero attached hydrogens (tertiary/aromatic N) is 2. The van der Waals surface area contributed by atoms with E-state index in [0.717, 1.165) is 0 Å². The van der Waals surface area contributed by atoms with Crippen LogP contribution in [0.3, 0.4) is 0 Å². The maximum absolute atomic E-state index is 10.2. The monoisotopic (exact) mass is 396 g/mol. The van der Waals surface area contributed by atoms with Crippen LogP contribution in [0.1, 0.15) is 84.8 Å². The number of aromatic nitrogens is 2. The smallest absolute Gasteiger partial charge is 0.0921 e. The number of rotatable bonds is 15. The van der Waals surface area contributed by atoms with Crippen LogP contribution in [-0.4, -0.2) is 52.6 Å². The Morgan fingerprint density at radius 2 is 1.43 bits per heavy atom. The van der Waals surface area contributed by atoms with Gasteiger partial charge in [0.15, 0.2) is 0 Å². The van der Waals surface area contributed by atoms with Crippen LogP contribution in [0.15, 0.2) is 12.5 Å². The van der Waals surface area contributed by atoms with Crippen molar-refractivity contribution in [2.75, 3.05) is 26.2 Å². The van der Waals surface area contributed by atoms with Crippen LogP contribution in [0.5, 0.6) is 0 Å². The number of unbranched alkanes of at least 4 members (excludes halogenated alkanes) is 4. The van der Waals surface area contributed by atoms with Gasteiger partial charge >= 0.3 is 0 Å². The normalized spacial score (nSPS) is 12.3. The van der Waals surface area contributed by atoms with Crippen molar-refractivity contribution in [3.63, 3.8) is 0 Å². The molecule has 0 aliphatic heterocycles. The van der Waals surface area contributed by atoms with Gasteiger partial charge in [-0.3, -0.25) is 0 Å². The van der Waals surface area contributed by atoms with Crippen molar-refractivity contribution in [3.05, 3.63) is 18.2 Å². The first-order valence-electron chi connectivity index (χ1n) is 11.2. The standard InChI is InChI=1S/C16H36N.C6H9N3O2/c1-5-9-13-17(14-10-6-2,15-11-7-3)16-12-8-4;7-5(6(10)11)1-4-2-8-3-9-4/h5-16H2,1-4H3;2-3,5H,1,7H2,(H,8,9)(H,10,11)/q+1;/p-1/t;5-/m.0/s1. The molecule has 28 heavy (non-hydrogen) atoms. The van der Waals surface area contributed by atoms with Gasteiger partial charge in [-0.15, -0.1) is 0 Å². The van der Waals surface area contributed by atoms with E-state index < -0.39 is 12.0 Å². The lowest BCUT2D eigenvalue weighted by atomic mass is 10.1. The van der Waals surface area contributed by atoms with E-state index in [1.54, 1.807) is 0 Å². The molecular weight excluding hydrogens is 352 g/mol. The summed E-state index contributed by atoms with van der Waals surface area (Å²) in [5.41, 5.74) is 5.89. The van der Waals surface area contributed by atoms with Gasteiger partial charge in [-0.05, 0) is 25.7 Å². The number of carbonyl (C=O) groups excluding carboxylic acids is 1. The molecule has 1 aromatic heterocycles. The van der Waals surface area contributed by atoms with Crippen LogP contribution in [-0.2, 0) is 11.2 Å². The minimum absolute atomic E-state index is 0.225. The van der Waals surface area contributed by atoms with E-state index in [4.69, 9.17) is 5.73 Å². The molecule has 0 spiro atoms. The molecule has 0 saturated carbocycles. The third-order valence-electron chi connectivity index (χ3n) is 5.24. The predicted molar refractivity (Wildman–Crippen MR) is 115 cm³/mol. The van der Waals surface area contributed by atoms with Gasteiger partial charge in [0.25, 0.3) is 0 Å². The molecule has 0 radical (unpaired) electrons. The van der Waals surface area contributed by atoms with Gasteiger partial charge < -0.3 is 25.1 Å². The highest BCUT2D eigenvalue weighted by Crippen LogP contribution is 2.16. The van der Waals surface area contributed by atoms with Gasteiger partial charge in [-0.25, -0.2) is 4.98 Å². The molecule has 0 unspecified atom stereocenters. The maximum Gasteiger partial charge on any atom is 0.0921 e. The minimum atomic E-state index is -1.25. The summed E-state index contributed by atoms with van der Waals surface area (Å²) in [6.45, 7) is 15.0. The minimum Gasteiger partial charge on any atom is -0.548 e. The molecule has 1 heterocycles. The highest BCUT2D eigenvalue weighted by Gasteiger charge is 2.24. The van der Waals surface area contributed by atoms with Crippen molar-refractivity contribution in [1.29, 1.82) is 0 Å². The van der Waals surface area contributed by atoms with Crippen LogP contribution < -0.4 is 10.8 Å². The number of aromatic amines is 1. The van der Waals surface area contributed by atoms with Gasteiger partial charge in [0, 0.05) is 24.4 Å². The van der Waals surface area contributed by atoms with E-state index in [2.05, 4.69) is 37.7 Å². The topological polar surface area (TPSA) is 94.8 Å². The molecule has 0 amide bonds. The zero-order valence-electron chi connectivity index (χ0n) is 18.7. The molecular formula is C22H44N4O2. The van der Waals surface area contributed by atoms with E-state index in [1.807, 2.05) is 0 Å². The number of quaternary nitrogens is 1. The summed E-state index contributed by atoms with van der Waals surface area (Å²) in [7, 11) is 0. The van der Waals surface area contributed by atoms with Gasteiger partial charge in [-0.1, -0.05) is 53.4 Å². The molecule has 0 aromatic carbocycles. The van der Waals surface area contributed by atoms with E-state index in [9.17, 15) is 9.90 Å². The first kappa shape index (κ1) is 26.6. The summed E-state index contributed by atoms with van der Waals surface area (Å²) in [5, 5.41) is 10.2. The van der Waals surface area contributed by atoms with Gasteiger partial charge in [0.2, 0.25) is 0 Å². The molecule has 0 aliphatic rings. The highest BCUT2D eigenvalue weighted by atomic mass is 16.4. The van der Waals surface area contributed by atoms with Gasteiger partial charge in [0.1, 0.15) is 0 Å². The Hall–Kier alpha value is -1.40. The van der Waals surface area contributed by atoms with Crippen LogP contribution >= 0.6 is 0 Å². The Morgan fingerprint density at radius 3 is 1.71 bits per heavy atom. The SMILES string of the molecule is CCCC[N+](CCCC)(CCCC)CCCC.N[C@@H](Cc1cnc[nH]1)C(=O)[O-]. The Kier molecular flexibility index (Phi) is 15.7. The number of carboxylic acids is 1. The number of carbonyl (C=O) groups is 1. The summed E-state index contributed by atoms with van der Waals surface area (Å²) in [5.74, 6) is -1.25. The van der Waals surface area contributed by atoms with Gasteiger partial charge in [0.05, 0.1) is 38.5 Å². The van der Waals surface area contributed by atoms with E-state index in [1.165, 1.54) is 94.6 Å². The van der Waals surface area contributed by atoms with Crippen molar-refractivity contribution >= 4 is 5.97 Å². The van der Waals surface area contributed by atoms with Crippen LogP contribution in [0.4, 0.5) is 0 Å². The quantitative estimate of drug-likeness (QED) is 0.446. The van der Waals surface area contributed by atoms with Crippen LogP contribution in [0.25, 0.3) is 0 Å². The molecule has 1 rings (SSSR count). The second kappa shape index (κ2) is 16.5. The molecule has 3 N–H and O–H groups in total. The number of nitrogens with two attached hydrogens (primary N) is 1. The largest absolute Gasteiger partial charge is 0.548 e. The fourth-order valence-corrected chi connectivity index (χ4v) is 3.36. The van der Waals surface area contributed by atoms with Gasteiger partial charge in [-0.2, -0.15) is 0 Å². The fraction of sp³-hybridized carbons (Fsp3) is 0.818. The molecule has 164 valence electrons. The number of imidazole rings is 1. The number of aliphatic carboxylic acids is 1. The lowest BCUT2D eigenvalue weighted by molar-refractivity contribution is -0.929. The molecule has 6 nitrogen and oxygen atoms in total. The molecule has 0 aliphatic carbocycles. The van der Waals surface area contributed by atoms with Crippen molar-refractivity contribution in [2.24, 2.45) is 5.73 Å². The second-order valence-electron chi connectivity index (χ2n) is 7.86. The number of nitrogens with one attached hydrogen (secondary N) is 1. The average molecular weight is 397 g/mol. The summed E-state index contributed by atoms with van der Waals surface area (Å²) >= 11 is 0. The molecule has 6 heteroatoms. The summed E-state index contributed by atoms with van der Waals surface area (Å²) in [6.07, 6.45) is 14.3. The third kappa shape index (κ3) is 12.1. The number of hydrogen-bond acceptors (Lipinski definition) is 4. The molecule has 1 aromatic rings. The lowest BCUT2D eigenvalue weighted by Gasteiger charge is -2.39. The van der Waals surface area contributed by atoms with Crippen LogP contribution in [0.2, 0.25) is 0 Å². The molecule has 0 bridgehead atoms. The predicted octanol–water partition coefficient (Wildman–Crippen LogP) is 3.03. The highest BCUT2D eigenvalue weighted by molar-refractivity contribution is 5.71. The Labute approximate surface area is 172 Å². The van der Waals surface area contributed by atoms with E-state index >= 15 is 0 Å². The zero-order chi connectivity index (χ0) is 21.3. The third-order valence-corrected chi connectivity index (χ3v) is 5.24. The van der Waals surface area contributed by atoms with Crippen molar-refractivity contribution in [1.82, 2.24) is 9.97 Å². The van der Waals surface area contributed by atoms with Crippen molar-refractivity contribution in [2.45, 2.75) is 91.5 Å². The van der Waals surface area contributed by atoms with E-state index in [0.29, 0.717) is 5.69 Å². The van der Waals surface area contributed by atoms with E-state index in [-0.39, 0.29) is 6.42 Å². The first-order valence-corrected chi connectivity index (χ1v) is 11.2. The maximum atomic E-state index is 10.2. The average Bonchev–Trinajstić information content (AvgIpc) is 3.20.